The smallest absolute Gasteiger partial charge is 0.326 e. The van der Waals surface area contributed by atoms with Crippen LogP contribution in [0.5, 0.6) is 0 Å². The molecule has 1 saturated heterocycles. The van der Waals surface area contributed by atoms with Crippen molar-refractivity contribution < 1.29 is 13.2 Å². The highest BCUT2D eigenvalue weighted by atomic mass is 32.2. The Balaban J connectivity index is 1.47. The number of rotatable bonds is 6. The van der Waals surface area contributed by atoms with E-state index in [1.165, 1.54) is 10.4 Å². The second-order valence-electron chi connectivity index (χ2n) is 7.42. The van der Waals surface area contributed by atoms with Crippen LogP contribution in [-0.4, -0.2) is 40.9 Å². The van der Waals surface area contributed by atoms with Crippen LogP contribution in [0.2, 0.25) is 0 Å². The number of hydrogen-bond acceptors (Lipinski definition) is 4. The van der Waals surface area contributed by atoms with Gasteiger partial charge in [0.05, 0.1) is 15.9 Å². The summed E-state index contributed by atoms with van der Waals surface area (Å²) in [6.07, 6.45) is 1.82. The number of nitrogens with zero attached hydrogens (tertiary/aromatic N) is 3. The zero-order chi connectivity index (χ0) is 21.3. The van der Waals surface area contributed by atoms with Gasteiger partial charge < -0.3 is 5.32 Å². The van der Waals surface area contributed by atoms with Gasteiger partial charge in [-0.1, -0.05) is 18.2 Å². The number of fused-ring (bicyclic) bond motifs is 1. The summed E-state index contributed by atoms with van der Waals surface area (Å²) in [4.78, 5) is 25.1. The molecule has 0 atom stereocenters. The lowest BCUT2D eigenvalue weighted by molar-refractivity contribution is -0.116. The summed E-state index contributed by atoms with van der Waals surface area (Å²) in [6.45, 7) is 1.29. The van der Waals surface area contributed by atoms with Crippen LogP contribution in [-0.2, 0) is 28.4 Å². The van der Waals surface area contributed by atoms with E-state index < -0.39 is 10.0 Å². The van der Waals surface area contributed by atoms with E-state index in [2.05, 4.69) is 5.32 Å². The Bertz CT molecular complexity index is 1250. The largest absolute Gasteiger partial charge is 0.328 e. The molecule has 2 heterocycles. The van der Waals surface area contributed by atoms with Crippen LogP contribution in [0, 0.1) is 0 Å². The zero-order valence-corrected chi connectivity index (χ0v) is 17.6. The molecule has 0 unspecified atom stereocenters. The maximum atomic E-state index is 12.7. The summed E-state index contributed by atoms with van der Waals surface area (Å²) < 4.78 is 30.0. The number of carbonyl (C=O) groups is 1. The fourth-order valence-electron chi connectivity index (χ4n) is 3.83. The standard InChI is InChI=1S/C21H24N4O4S/c1-23-18-9-2-3-10-19(18)25(21(23)27)14-11-20(26)22-16-7-6-8-17(15-16)30(28,29)24-12-4-5-13-24/h2-3,6-10,15H,4-5,11-14H2,1H3,(H,22,26). The molecule has 0 spiro atoms. The van der Waals surface area contributed by atoms with E-state index in [1.807, 2.05) is 24.3 Å². The predicted molar refractivity (Wildman–Crippen MR) is 115 cm³/mol. The average molecular weight is 429 g/mol. The number of amides is 1. The van der Waals surface area contributed by atoms with E-state index in [-0.39, 0.29) is 29.5 Å². The van der Waals surface area contributed by atoms with Crippen molar-refractivity contribution in [1.29, 1.82) is 0 Å². The summed E-state index contributed by atoms with van der Waals surface area (Å²) >= 11 is 0. The Labute approximate surface area is 174 Å². The van der Waals surface area contributed by atoms with Gasteiger partial charge in [-0.15, -0.1) is 0 Å². The van der Waals surface area contributed by atoms with Crippen LogP contribution in [0.1, 0.15) is 19.3 Å². The molecule has 8 nitrogen and oxygen atoms in total. The third kappa shape index (κ3) is 3.78. The van der Waals surface area contributed by atoms with Gasteiger partial charge in [0.1, 0.15) is 0 Å². The topological polar surface area (TPSA) is 93.4 Å². The lowest BCUT2D eigenvalue weighted by atomic mass is 10.3. The highest BCUT2D eigenvalue weighted by Crippen LogP contribution is 2.23. The Morgan fingerprint density at radius 3 is 2.47 bits per heavy atom. The first-order valence-corrected chi connectivity index (χ1v) is 11.4. The first kappa shape index (κ1) is 20.4. The van der Waals surface area contributed by atoms with Crippen molar-refractivity contribution in [3.05, 3.63) is 59.0 Å². The molecular formula is C21H24N4O4S. The summed E-state index contributed by atoms with van der Waals surface area (Å²) in [7, 11) is -1.84. The van der Waals surface area contributed by atoms with Gasteiger partial charge in [0.25, 0.3) is 0 Å². The number of aromatic nitrogens is 2. The molecule has 1 amide bonds. The molecule has 1 N–H and O–H groups in total. The fourth-order valence-corrected chi connectivity index (χ4v) is 5.39. The maximum Gasteiger partial charge on any atom is 0.328 e. The van der Waals surface area contributed by atoms with Gasteiger partial charge in [-0.2, -0.15) is 4.31 Å². The number of nitrogens with one attached hydrogen (secondary N) is 1. The second kappa shape index (κ2) is 8.08. The monoisotopic (exact) mass is 428 g/mol. The molecule has 158 valence electrons. The molecule has 9 heteroatoms. The number of sulfonamides is 1. The van der Waals surface area contributed by atoms with Crippen LogP contribution < -0.4 is 11.0 Å². The third-order valence-corrected chi connectivity index (χ3v) is 7.33. The minimum Gasteiger partial charge on any atom is -0.326 e. The van der Waals surface area contributed by atoms with Crippen LogP contribution in [0.4, 0.5) is 5.69 Å². The van der Waals surface area contributed by atoms with Gasteiger partial charge >= 0.3 is 5.69 Å². The normalized spacial score (nSPS) is 15.0. The highest BCUT2D eigenvalue weighted by Gasteiger charge is 2.27. The Hall–Kier alpha value is -2.91. The first-order valence-electron chi connectivity index (χ1n) is 9.92. The number of anilines is 1. The van der Waals surface area contributed by atoms with E-state index in [0.29, 0.717) is 18.8 Å². The van der Waals surface area contributed by atoms with Crippen molar-refractivity contribution in [3.8, 4) is 0 Å². The highest BCUT2D eigenvalue weighted by molar-refractivity contribution is 7.89. The summed E-state index contributed by atoms with van der Waals surface area (Å²) in [5.74, 6) is -0.287. The van der Waals surface area contributed by atoms with Gasteiger partial charge in [-0.05, 0) is 43.2 Å². The van der Waals surface area contributed by atoms with E-state index in [0.717, 1.165) is 23.9 Å². The van der Waals surface area contributed by atoms with Crippen molar-refractivity contribution in [2.75, 3.05) is 18.4 Å². The van der Waals surface area contributed by atoms with E-state index >= 15 is 0 Å². The molecule has 30 heavy (non-hydrogen) atoms. The molecule has 0 radical (unpaired) electrons. The quantitative estimate of drug-likeness (QED) is 0.651. The van der Waals surface area contributed by atoms with Crippen molar-refractivity contribution in [3.63, 3.8) is 0 Å². The molecule has 0 saturated carbocycles. The Morgan fingerprint density at radius 1 is 1.03 bits per heavy atom. The van der Waals surface area contributed by atoms with Gasteiger partial charge in [-0.3, -0.25) is 13.9 Å². The first-order chi connectivity index (χ1) is 14.4. The van der Waals surface area contributed by atoms with Crippen molar-refractivity contribution in [2.24, 2.45) is 7.05 Å². The number of aryl methyl sites for hydroxylation is 2. The van der Waals surface area contributed by atoms with Crippen LogP contribution in [0.15, 0.2) is 58.2 Å². The molecule has 2 aromatic carbocycles. The van der Waals surface area contributed by atoms with Crippen LogP contribution >= 0.6 is 0 Å². The molecule has 3 aromatic rings. The molecule has 0 aliphatic carbocycles. The lowest BCUT2D eigenvalue weighted by Crippen LogP contribution is -2.28. The molecule has 1 aromatic heterocycles. The van der Waals surface area contributed by atoms with Crippen molar-refractivity contribution in [2.45, 2.75) is 30.7 Å². The van der Waals surface area contributed by atoms with E-state index in [9.17, 15) is 18.0 Å². The average Bonchev–Trinajstić information content (AvgIpc) is 3.36. The fraction of sp³-hybridized carbons (Fsp3) is 0.333. The molecule has 1 fully saturated rings. The lowest BCUT2D eigenvalue weighted by Gasteiger charge is -2.16. The van der Waals surface area contributed by atoms with Crippen molar-refractivity contribution in [1.82, 2.24) is 13.4 Å². The zero-order valence-electron chi connectivity index (χ0n) is 16.7. The minimum absolute atomic E-state index is 0.0943. The Kier molecular flexibility index (Phi) is 5.48. The summed E-state index contributed by atoms with van der Waals surface area (Å²) in [6, 6.07) is 13.7. The molecule has 0 bridgehead atoms. The third-order valence-electron chi connectivity index (χ3n) is 5.43. The summed E-state index contributed by atoms with van der Waals surface area (Å²) in [5, 5.41) is 2.75. The molecule has 1 aliphatic heterocycles. The van der Waals surface area contributed by atoms with Crippen molar-refractivity contribution >= 4 is 32.7 Å². The molecule has 4 rings (SSSR count). The molecular weight excluding hydrogens is 404 g/mol. The number of carbonyl (C=O) groups excluding carboxylic acids is 1. The SMILES string of the molecule is Cn1c(=O)n(CCC(=O)Nc2cccc(S(=O)(=O)N3CCCC3)c2)c2ccccc21. The van der Waals surface area contributed by atoms with Gasteiger partial charge in [0.15, 0.2) is 0 Å². The Morgan fingerprint density at radius 2 is 1.73 bits per heavy atom. The maximum absolute atomic E-state index is 12.7. The predicted octanol–water partition coefficient (Wildman–Crippen LogP) is 2.15. The van der Waals surface area contributed by atoms with Gasteiger partial charge in [0, 0.05) is 38.8 Å². The van der Waals surface area contributed by atoms with Crippen LogP contribution in [0.25, 0.3) is 11.0 Å². The number of para-hydroxylation sites is 2. The van der Waals surface area contributed by atoms with E-state index in [4.69, 9.17) is 0 Å². The number of hydrogen-bond donors (Lipinski definition) is 1. The summed E-state index contributed by atoms with van der Waals surface area (Å²) in [5.41, 5.74) is 1.83. The number of imidazole rings is 1. The number of benzene rings is 2. The second-order valence-corrected chi connectivity index (χ2v) is 9.36. The minimum atomic E-state index is -3.55. The van der Waals surface area contributed by atoms with Gasteiger partial charge in [-0.25, -0.2) is 13.2 Å². The van der Waals surface area contributed by atoms with E-state index in [1.54, 1.807) is 34.4 Å². The van der Waals surface area contributed by atoms with Gasteiger partial charge in [0.2, 0.25) is 15.9 Å². The van der Waals surface area contributed by atoms with Crippen LogP contribution in [0.3, 0.4) is 0 Å². The molecule has 1 aliphatic rings.